The summed E-state index contributed by atoms with van der Waals surface area (Å²) in [5.74, 6) is 0.926. The molecule has 1 unspecified atom stereocenters. The number of hydrogen-bond donors (Lipinski definition) is 2. The van der Waals surface area contributed by atoms with E-state index in [-0.39, 0.29) is 25.0 Å². The molecule has 0 spiro atoms. The Kier molecular flexibility index (Phi) is 5.05. The third kappa shape index (κ3) is 3.53. The van der Waals surface area contributed by atoms with Crippen LogP contribution in [-0.2, 0) is 9.53 Å². The predicted molar refractivity (Wildman–Crippen MR) is 75.5 cm³/mol. The van der Waals surface area contributed by atoms with E-state index in [1.807, 2.05) is 0 Å². The summed E-state index contributed by atoms with van der Waals surface area (Å²) < 4.78 is 15.9. The van der Waals surface area contributed by atoms with Crippen LogP contribution in [0.1, 0.15) is 6.42 Å². The van der Waals surface area contributed by atoms with Crippen molar-refractivity contribution < 1.29 is 19.0 Å². The van der Waals surface area contributed by atoms with Crippen LogP contribution in [0.3, 0.4) is 0 Å². The van der Waals surface area contributed by atoms with Crippen molar-refractivity contribution in [2.45, 2.75) is 12.5 Å². The number of nitrogens with one attached hydrogen (secondary N) is 1. The minimum absolute atomic E-state index is 0.164. The Morgan fingerprint density at radius 2 is 2.10 bits per heavy atom. The lowest BCUT2D eigenvalue weighted by molar-refractivity contribution is -0.118. The summed E-state index contributed by atoms with van der Waals surface area (Å²) in [6.45, 7) is 1.24. The number of ether oxygens (including phenoxy) is 3. The summed E-state index contributed by atoms with van der Waals surface area (Å²) >= 11 is 6.10. The molecule has 1 heterocycles. The molecule has 1 aliphatic rings. The predicted octanol–water partition coefficient (Wildman–Crippen LogP) is 1.41. The van der Waals surface area contributed by atoms with Gasteiger partial charge in [-0.15, -0.1) is 0 Å². The molecule has 1 aromatic rings. The maximum absolute atomic E-state index is 11.9. The van der Waals surface area contributed by atoms with Gasteiger partial charge in [0.2, 0.25) is 5.91 Å². The van der Waals surface area contributed by atoms with Gasteiger partial charge in [-0.3, -0.25) is 4.79 Å². The molecule has 110 valence electrons. The maximum Gasteiger partial charge on any atom is 0.227 e. The Morgan fingerprint density at radius 3 is 2.70 bits per heavy atom. The van der Waals surface area contributed by atoms with E-state index in [1.165, 1.54) is 7.11 Å². The summed E-state index contributed by atoms with van der Waals surface area (Å²) in [6.07, 6.45) is -0.149. The normalized spacial score (nSPS) is 14.8. The number of hydrogen-bond acceptors (Lipinski definition) is 5. The largest absolute Gasteiger partial charge is 0.486 e. The van der Waals surface area contributed by atoms with Crippen LogP contribution < -0.4 is 20.5 Å². The molecule has 1 amide bonds. The van der Waals surface area contributed by atoms with Gasteiger partial charge in [-0.25, -0.2) is 0 Å². The van der Waals surface area contributed by atoms with Crippen molar-refractivity contribution in [3.63, 3.8) is 0 Å². The fourth-order valence-electron chi connectivity index (χ4n) is 1.83. The van der Waals surface area contributed by atoms with Gasteiger partial charge in [0, 0.05) is 25.8 Å². The molecule has 0 aliphatic carbocycles. The van der Waals surface area contributed by atoms with Crippen LogP contribution in [0.4, 0.5) is 5.69 Å². The first-order valence-corrected chi connectivity index (χ1v) is 6.63. The average Bonchev–Trinajstić information content (AvgIpc) is 2.45. The highest BCUT2D eigenvalue weighted by Gasteiger charge is 2.17. The highest BCUT2D eigenvalue weighted by molar-refractivity contribution is 6.34. The van der Waals surface area contributed by atoms with Gasteiger partial charge in [0.05, 0.1) is 23.2 Å². The number of amides is 1. The average molecular weight is 301 g/mol. The molecule has 0 aromatic heterocycles. The second kappa shape index (κ2) is 6.78. The first-order chi connectivity index (χ1) is 9.63. The quantitative estimate of drug-likeness (QED) is 0.859. The fraction of sp³-hybridized carbons (Fsp3) is 0.462. The van der Waals surface area contributed by atoms with Gasteiger partial charge in [-0.1, -0.05) is 11.6 Å². The van der Waals surface area contributed by atoms with E-state index >= 15 is 0 Å². The van der Waals surface area contributed by atoms with Crippen LogP contribution in [0.15, 0.2) is 12.1 Å². The van der Waals surface area contributed by atoms with Crippen molar-refractivity contribution in [2.24, 2.45) is 5.73 Å². The van der Waals surface area contributed by atoms with Crippen LogP contribution in [0.2, 0.25) is 5.02 Å². The van der Waals surface area contributed by atoms with Crippen molar-refractivity contribution in [3.05, 3.63) is 17.2 Å². The molecule has 20 heavy (non-hydrogen) atoms. The fourth-order valence-corrected chi connectivity index (χ4v) is 2.03. The van der Waals surface area contributed by atoms with Gasteiger partial charge < -0.3 is 25.3 Å². The Labute approximate surface area is 122 Å². The first-order valence-electron chi connectivity index (χ1n) is 6.26. The molecular formula is C13H17ClN2O4. The molecule has 0 saturated heterocycles. The van der Waals surface area contributed by atoms with E-state index in [9.17, 15) is 4.79 Å². The van der Waals surface area contributed by atoms with Crippen molar-refractivity contribution in [2.75, 3.05) is 32.2 Å². The summed E-state index contributed by atoms with van der Waals surface area (Å²) in [5.41, 5.74) is 5.96. The molecule has 6 nitrogen and oxygen atoms in total. The van der Waals surface area contributed by atoms with E-state index in [4.69, 9.17) is 31.5 Å². The lowest BCUT2D eigenvalue weighted by Gasteiger charge is -2.20. The Hall–Kier alpha value is -1.50. The number of benzene rings is 1. The molecule has 0 radical (unpaired) electrons. The Bertz CT molecular complexity index is 492. The van der Waals surface area contributed by atoms with E-state index in [1.54, 1.807) is 12.1 Å². The van der Waals surface area contributed by atoms with Crippen LogP contribution in [0.5, 0.6) is 11.5 Å². The first kappa shape index (κ1) is 14.9. The molecule has 3 N–H and O–H groups in total. The molecule has 7 heteroatoms. The Morgan fingerprint density at radius 1 is 1.45 bits per heavy atom. The molecule has 1 atom stereocenters. The third-order valence-corrected chi connectivity index (χ3v) is 3.23. The molecular weight excluding hydrogens is 284 g/mol. The minimum atomic E-state index is -0.314. The molecule has 1 aromatic carbocycles. The smallest absolute Gasteiger partial charge is 0.227 e. The summed E-state index contributed by atoms with van der Waals surface area (Å²) in [6, 6.07) is 3.28. The van der Waals surface area contributed by atoms with Gasteiger partial charge in [0.1, 0.15) is 13.2 Å². The molecule has 0 fully saturated rings. The van der Waals surface area contributed by atoms with Crippen molar-refractivity contribution >= 4 is 23.2 Å². The van der Waals surface area contributed by atoms with Crippen LogP contribution in [0, 0.1) is 0 Å². The molecule has 2 rings (SSSR count). The van der Waals surface area contributed by atoms with Gasteiger partial charge in [-0.2, -0.15) is 0 Å². The third-order valence-electron chi connectivity index (χ3n) is 2.92. The lowest BCUT2D eigenvalue weighted by Crippen LogP contribution is -2.28. The SMILES string of the molecule is COC(CN)CC(=O)Nc1cc2c(cc1Cl)OCCO2. The van der Waals surface area contributed by atoms with Crippen molar-refractivity contribution in [3.8, 4) is 11.5 Å². The van der Waals surface area contributed by atoms with Crippen molar-refractivity contribution in [1.82, 2.24) is 0 Å². The van der Waals surface area contributed by atoms with Crippen LogP contribution in [0.25, 0.3) is 0 Å². The van der Waals surface area contributed by atoms with Gasteiger partial charge in [-0.05, 0) is 0 Å². The molecule has 0 saturated carbocycles. The lowest BCUT2D eigenvalue weighted by atomic mass is 10.2. The summed E-state index contributed by atoms with van der Waals surface area (Å²) in [4.78, 5) is 11.9. The van der Waals surface area contributed by atoms with E-state index < -0.39 is 0 Å². The second-order valence-corrected chi connectivity index (χ2v) is 4.73. The zero-order valence-electron chi connectivity index (χ0n) is 11.1. The Balaban J connectivity index is 2.07. The summed E-state index contributed by atoms with van der Waals surface area (Å²) in [7, 11) is 1.52. The number of anilines is 1. The zero-order chi connectivity index (χ0) is 14.5. The summed E-state index contributed by atoms with van der Waals surface area (Å²) in [5, 5.41) is 3.11. The highest BCUT2D eigenvalue weighted by Crippen LogP contribution is 2.37. The number of carbonyl (C=O) groups excluding carboxylic acids is 1. The van der Waals surface area contributed by atoms with E-state index in [2.05, 4.69) is 5.32 Å². The molecule has 0 bridgehead atoms. The molecule has 1 aliphatic heterocycles. The van der Waals surface area contributed by atoms with Gasteiger partial charge >= 0.3 is 0 Å². The van der Waals surface area contributed by atoms with Gasteiger partial charge in [0.25, 0.3) is 0 Å². The van der Waals surface area contributed by atoms with E-state index in [0.29, 0.717) is 35.4 Å². The standard InChI is InChI=1S/C13H17ClN2O4/c1-18-8(7-15)4-13(17)16-10-6-12-11(5-9(10)14)19-2-3-20-12/h5-6,8H,2-4,7,15H2,1H3,(H,16,17). The number of halogens is 1. The zero-order valence-corrected chi connectivity index (χ0v) is 11.9. The minimum Gasteiger partial charge on any atom is -0.486 e. The number of methoxy groups -OCH3 is 1. The highest BCUT2D eigenvalue weighted by atomic mass is 35.5. The van der Waals surface area contributed by atoms with Crippen molar-refractivity contribution in [1.29, 1.82) is 0 Å². The topological polar surface area (TPSA) is 82.8 Å². The number of nitrogens with two attached hydrogens (primary N) is 1. The van der Waals surface area contributed by atoms with E-state index in [0.717, 1.165) is 0 Å². The number of fused-ring (bicyclic) bond motifs is 1. The maximum atomic E-state index is 11.9. The monoisotopic (exact) mass is 300 g/mol. The van der Waals surface area contributed by atoms with Crippen LogP contribution >= 0.6 is 11.6 Å². The van der Waals surface area contributed by atoms with Gasteiger partial charge in [0.15, 0.2) is 11.5 Å². The van der Waals surface area contributed by atoms with Crippen LogP contribution in [-0.4, -0.2) is 38.9 Å². The number of carbonyl (C=O) groups is 1. The number of rotatable bonds is 5. The second-order valence-electron chi connectivity index (χ2n) is 4.32.